The van der Waals surface area contributed by atoms with E-state index in [9.17, 15) is 13.2 Å². The summed E-state index contributed by atoms with van der Waals surface area (Å²) < 4.78 is 24.9. The molecule has 0 unspecified atom stereocenters. The van der Waals surface area contributed by atoms with Gasteiger partial charge in [-0.1, -0.05) is 6.92 Å². The van der Waals surface area contributed by atoms with E-state index in [1.807, 2.05) is 6.92 Å². The first kappa shape index (κ1) is 13.4. The molecule has 0 aromatic heterocycles. The second kappa shape index (κ2) is 5.63. The van der Waals surface area contributed by atoms with E-state index >= 15 is 0 Å². The summed E-state index contributed by atoms with van der Waals surface area (Å²) in [4.78, 5) is 10.5. The first-order valence-electron chi connectivity index (χ1n) is 5.65. The van der Waals surface area contributed by atoms with Crippen LogP contribution in [-0.4, -0.2) is 42.6 Å². The lowest BCUT2D eigenvalue weighted by atomic mass is 9.95. The molecule has 1 fully saturated rings. The molecule has 0 bridgehead atoms. The van der Waals surface area contributed by atoms with Gasteiger partial charge in [0.05, 0.1) is 5.75 Å². The van der Waals surface area contributed by atoms with Crippen LogP contribution < -0.4 is 0 Å². The van der Waals surface area contributed by atoms with Crippen molar-refractivity contribution in [3.8, 4) is 0 Å². The molecule has 0 aromatic rings. The van der Waals surface area contributed by atoms with E-state index in [4.69, 9.17) is 5.11 Å². The molecule has 94 valence electrons. The van der Waals surface area contributed by atoms with Gasteiger partial charge >= 0.3 is 5.97 Å². The minimum atomic E-state index is -3.10. The average molecular weight is 249 g/mol. The minimum absolute atomic E-state index is 0.130. The molecule has 0 saturated carbocycles. The third kappa shape index (κ3) is 3.75. The van der Waals surface area contributed by atoms with Gasteiger partial charge in [-0.3, -0.25) is 4.79 Å². The third-order valence-electron chi connectivity index (χ3n) is 2.89. The molecule has 0 atom stereocenters. The van der Waals surface area contributed by atoms with Crippen molar-refractivity contribution < 1.29 is 18.3 Å². The molecule has 1 saturated heterocycles. The van der Waals surface area contributed by atoms with Crippen LogP contribution in [-0.2, 0) is 14.8 Å². The second-order valence-electron chi connectivity index (χ2n) is 4.26. The van der Waals surface area contributed by atoms with Crippen molar-refractivity contribution in [2.75, 3.05) is 18.8 Å². The molecular weight excluding hydrogens is 230 g/mol. The maximum Gasteiger partial charge on any atom is 0.303 e. The summed E-state index contributed by atoms with van der Waals surface area (Å²) >= 11 is 0. The molecule has 1 aliphatic heterocycles. The fourth-order valence-electron chi connectivity index (χ4n) is 2.03. The predicted molar refractivity (Wildman–Crippen MR) is 60.6 cm³/mol. The van der Waals surface area contributed by atoms with Gasteiger partial charge in [-0.15, -0.1) is 0 Å². The van der Waals surface area contributed by atoms with E-state index in [2.05, 4.69) is 0 Å². The SMILES string of the molecule is CCCS(=O)(=O)N1CCC(CC(=O)O)CC1. The summed E-state index contributed by atoms with van der Waals surface area (Å²) in [7, 11) is -3.10. The highest BCUT2D eigenvalue weighted by Crippen LogP contribution is 2.22. The Hall–Kier alpha value is -0.620. The number of hydrogen-bond acceptors (Lipinski definition) is 3. The van der Waals surface area contributed by atoms with Crippen LogP contribution in [0.1, 0.15) is 32.6 Å². The van der Waals surface area contributed by atoms with Crippen LogP contribution in [0, 0.1) is 5.92 Å². The van der Waals surface area contributed by atoms with E-state index in [1.165, 1.54) is 4.31 Å². The number of aliphatic carboxylic acids is 1. The molecule has 1 aliphatic rings. The lowest BCUT2D eigenvalue weighted by Crippen LogP contribution is -2.40. The summed E-state index contributed by atoms with van der Waals surface area (Å²) in [5.74, 6) is -0.475. The van der Waals surface area contributed by atoms with E-state index in [0.29, 0.717) is 32.4 Å². The zero-order valence-corrected chi connectivity index (χ0v) is 10.4. The van der Waals surface area contributed by atoms with Crippen molar-refractivity contribution in [2.45, 2.75) is 32.6 Å². The normalized spacial score (nSPS) is 19.8. The number of piperidine rings is 1. The zero-order chi connectivity index (χ0) is 12.2. The Bertz CT molecular complexity index is 331. The number of rotatable bonds is 5. The molecule has 0 radical (unpaired) electrons. The van der Waals surface area contributed by atoms with Crippen LogP contribution in [0.3, 0.4) is 0 Å². The molecule has 5 nitrogen and oxygen atoms in total. The van der Waals surface area contributed by atoms with Gasteiger partial charge in [0.1, 0.15) is 0 Å². The van der Waals surface area contributed by atoms with Crippen LogP contribution >= 0.6 is 0 Å². The number of sulfonamides is 1. The first-order chi connectivity index (χ1) is 7.45. The van der Waals surface area contributed by atoms with E-state index in [1.54, 1.807) is 0 Å². The molecule has 6 heteroatoms. The average Bonchev–Trinajstić information content (AvgIpc) is 2.17. The number of carbonyl (C=O) groups is 1. The highest BCUT2D eigenvalue weighted by Gasteiger charge is 2.27. The topological polar surface area (TPSA) is 74.7 Å². The maximum absolute atomic E-state index is 11.7. The molecule has 0 aliphatic carbocycles. The quantitative estimate of drug-likeness (QED) is 0.786. The van der Waals surface area contributed by atoms with Gasteiger partial charge in [0, 0.05) is 19.5 Å². The van der Waals surface area contributed by atoms with Crippen LogP contribution in [0.15, 0.2) is 0 Å². The van der Waals surface area contributed by atoms with Gasteiger partial charge in [0.15, 0.2) is 0 Å². The van der Waals surface area contributed by atoms with Crippen molar-refractivity contribution in [1.29, 1.82) is 0 Å². The maximum atomic E-state index is 11.7. The standard InChI is InChI=1S/C10H19NO4S/c1-2-7-16(14,15)11-5-3-9(4-6-11)8-10(12)13/h9H,2-8H2,1H3,(H,12,13). The zero-order valence-electron chi connectivity index (χ0n) is 9.55. The molecule has 1 heterocycles. The van der Waals surface area contributed by atoms with Crippen molar-refractivity contribution in [3.05, 3.63) is 0 Å². The Balaban J connectivity index is 2.46. The number of carboxylic acids is 1. The lowest BCUT2D eigenvalue weighted by Gasteiger charge is -2.30. The Kier molecular flexibility index (Phi) is 4.73. The Morgan fingerprint density at radius 1 is 1.38 bits per heavy atom. The van der Waals surface area contributed by atoms with Crippen LogP contribution in [0.25, 0.3) is 0 Å². The van der Waals surface area contributed by atoms with E-state index in [-0.39, 0.29) is 18.1 Å². The largest absolute Gasteiger partial charge is 0.481 e. The highest BCUT2D eigenvalue weighted by molar-refractivity contribution is 7.89. The minimum Gasteiger partial charge on any atom is -0.481 e. The van der Waals surface area contributed by atoms with Crippen molar-refractivity contribution in [2.24, 2.45) is 5.92 Å². The van der Waals surface area contributed by atoms with Gasteiger partial charge in [0.25, 0.3) is 0 Å². The molecule has 0 aromatic carbocycles. The summed E-state index contributed by atoms with van der Waals surface area (Å²) in [6, 6.07) is 0. The summed E-state index contributed by atoms with van der Waals surface area (Å²) in [6.07, 6.45) is 2.10. The summed E-state index contributed by atoms with van der Waals surface area (Å²) in [6.45, 7) is 2.79. The molecule has 0 spiro atoms. The smallest absolute Gasteiger partial charge is 0.303 e. The molecule has 16 heavy (non-hydrogen) atoms. The number of carboxylic acid groups (broad SMARTS) is 1. The van der Waals surface area contributed by atoms with Gasteiger partial charge in [-0.2, -0.15) is 0 Å². The number of nitrogens with zero attached hydrogens (tertiary/aromatic N) is 1. The van der Waals surface area contributed by atoms with Gasteiger partial charge in [0.2, 0.25) is 10.0 Å². The summed E-state index contributed by atoms with van der Waals surface area (Å²) in [5, 5.41) is 8.64. The van der Waals surface area contributed by atoms with Crippen LogP contribution in [0.2, 0.25) is 0 Å². The highest BCUT2D eigenvalue weighted by atomic mass is 32.2. The van der Waals surface area contributed by atoms with Gasteiger partial charge < -0.3 is 5.11 Å². The molecule has 0 amide bonds. The van der Waals surface area contributed by atoms with Gasteiger partial charge in [-0.25, -0.2) is 12.7 Å². The molecule has 1 rings (SSSR count). The Morgan fingerprint density at radius 3 is 2.38 bits per heavy atom. The lowest BCUT2D eigenvalue weighted by molar-refractivity contribution is -0.138. The molecular formula is C10H19NO4S. The molecule has 1 N–H and O–H groups in total. The fourth-order valence-corrected chi connectivity index (χ4v) is 3.57. The van der Waals surface area contributed by atoms with Gasteiger partial charge in [-0.05, 0) is 25.2 Å². The van der Waals surface area contributed by atoms with Crippen LogP contribution in [0.5, 0.6) is 0 Å². The van der Waals surface area contributed by atoms with E-state index in [0.717, 1.165) is 0 Å². The van der Waals surface area contributed by atoms with Crippen LogP contribution in [0.4, 0.5) is 0 Å². The first-order valence-corrected chi connectivity index (χ1v) is 7.26. The van der Waals surface area contributed by atoms with Crippen molar-refractivity contribution in [3.63, 3.8) is 0 Å². The monoisotopic (exact) mass is 249 g/mol. The third-order valence-corrected chi connectivity index (χ3v) is 4.97. The summed E-state index contributed by atoms with van der Waals surface area (Å²) in [5.41, 5.74) is 0. The Morgan fingerprint density at radius 2 is 1.94 bits per heavy atom. The van der Waals surface area contributed by atoms with Crippen molar-refractivity contribution in [1.82, 2.24) is 4.31 Å². The second-order valence-corrected chi connectivity index (χ2v) is 6.34. The predicted octanol–water partition coefficient (Wildman–Crippen LogP) is 0.913. The fraction of sp³-hybridized carbons (Fsp3) is 0.900. The Labute approximate surface area is 96.5 Å². The van der Waals surface area contributed by atoms with E-state index < -0.39 is 16.0 Å². The number of hydrogen-bond donors (Lipinski definition) is 1. The van der Waals surface area contributed by atoms with Crippen molar-refractivity contribution >= 4 is 16.0 Å².